The van der Waals surface area contributed by atoms with E-state index in [0.717, 1.165) is 23.3 Å². The molecule has 0 fully saturated rings. The second-order valence-electron chi connectivity index (χ2n) is 2.39. The highest BCUT2D eigenvalue weighted by atomic mass is 32.2. The van der Waals surface area contributed by atoms with Gasteiger partial charge < -0.3 is 4.42 Å². The fourth-order valence-corrected chi connectivity index (χ4v) is 1.11. The molecule has 84 valence electrons. The molecule has 1 aromatic rings. The second-order valence-corrected chi connectivity index (χ2v) is 4.07. The van der Waals surface area contributed by atoms with Crippen molar-refractivity contribution in [2.75, 3.05) is 0 Å². The highest BCUT2D eigenvalue weighted by Gasteiger charge is 2.47. The van der Waals surface area contributed by atoms with Crippen molar-refractivity contribution in [1.82, 2.24) is 4.72 Å². The molecule has 1 amide bonds. The smallest absolute Gasteiger partial charge is 0.472 e. The van der Waals surface area contributed by atoms with Gasteiger partial charge >= 0.3 is 15.5 Å². The SMILES string of the molecule is O=C(NS(=O)(=O)C(F)(F)F)c1ccoc1. The number of furan rings is 1. The molecular weight excluding hydrogens is 239 g/mol. The Hall–Kier alpha value is -1.51. The van der Waals surface area contributed by atoms with E-state index in [0.29, 0.717) is 0 Å². The van der Waals surface area contributed by atoms with Gasteiger partial charge in [0.25, 0.3) is 5.91 Å². The monoisotopic (exact) mass is 243 g/mol. The Morgan fingerprint density at radius 2 is 2.00 bits per heavy atom. The van der Waals surface area contributed by atoms with Gasteiger partial charge in [-0.1, -0.05) is 0 Å². The molecule has 0 aliphatic rings. The van der Waals surface area contributed by atoms with Gasteiger partial charge in [0.15, 0.2) is 0 Å². The molecule has 15 heavy (non-hydrogen) atoms. The standard InChI is InChI=1S/C6H4F3NO4S/c7-6(8,9)15(12,13)10-5(11)4-1-2-14-3-4/h1-3H,(H,10,11). The molecule has 1 aromatic heterocycles. The highest BCUT2D eigenvalue weighted by molar-refractivity contribution is 7.90. The zero-order chi connectivity index (χ0) is 11.7. The molecule has 0 bridgehead atoms. The summed E-state index contributed by atoms with van der Waals surface area (Å²) in [5.41, 5.74) is -5.84. The molecule has 1 rings (SSSR count). The summed E-state index contributed by atoms with van der Waals surface area (Å²) in [7, 11) is -5.66. The molecule has 9 heteroatoms. The van der Waals surface area contributed by atoms with Crippen molar-refractivity contribution in [3.05, 3.63) is 24.2 Å². The minimum atomic E-state index is -5.66. The zero-order valence-corrected chi connectivity index (χ0v) is 7.72. The molecule has 5 nitrogen and oxygen atoms in total. The average molecular weight is 243 g/mol. The van der Waals surface area contributed by atoms with Crippen LogP contribution in [0.15, 0.2) is 23.0 Å². The van der Waals surface area contributed by atoms with Crippen molar-refractivity contribution >= 4 is 15.9 Å². The van der Waals surface area contributed by atoms with E-state index < -0.39 is 21.4 Å². The quantitative estimate of drug-likeness (QED) is 0.835. The molecule has 1 N–H and O–H groups in total. The lowest BCUT2D eigenvalue weighted by Crippen LogP contribution is -2.40. The number of nitrogens with one attached hydrogen (secondary N) is 1. The summed E-state index contributed by atoms with van der Waals surface area (Å²) in [4.78, 5) is 10.9. The minimum Gasteiger partial charge on any atom is -0.472 e. The predicted molar refractivity (Wildman–Crippen MR) is 41.1 cm³/mol. The van der Waals surface area contributed by atoms with Gasteiger partial charge in [0, 0.05) is 0 Å². The minimum absolute atomic E-state index is 0.317. The number of hydrogen-bond donors (Lipinski definition) is 1. The van der Waals surface area contributed by atoms with E-state index in [1.807, 2.05) is 0 Å². The summed E-state index contributed by atoms with van der Waals surface area (Å²) in [5.74, 6) is -1.40. The van der Waals surface area contributed by atoms with Crippen LogP contribution in [0.25, 0.3) is 0 Å². The number of rotatable bonds is 2. The molecule has 0 saturated heterocycles. The number of amides is 1. The zero-order valence-electron chi connectivity index (χ0n) is 6.91. The molecular formula is C6H4F3NO4S. The Balaban J connectivity index is 2.85. The van der Waals surface area contributed by atoms with E-state index in [4.69, 9.17) is 0 Å². The van der Waals surface area contributed by atoms with E-state index in [1.54, 1.807) is 0 Å². The van der Waals surface area contributed by atoms with Crippen LogP contribution < -0.4 is 4.72 Å². The van der Waals surface area contributed by atoms with Crippen LogP contribution in [0, 0.1) is 0 Å². The molecule has 0 atom stereocenters. The van der Waals surface area contributed by atoms with Crippen molar-refractivity contribution in [3.8, 4) is 0 Å². The maximum Gasteiger partial charge on any atom is 0.516 e. The van der Waals surface area contributed by atoms with Crippen LogP contribution >= 0.6 is 0 Å². The second kappa shape index (κ2) is 3.57. The predicted octanol–water partition coefficient (Wildman–Crippen LogP) is 0.859. The van der Waals surface area contributed by atoms with Crippen LogP contribution in [0.4, 0.5) is 13.2 Å². The van der Waals surface area contributed by atoms with Crippen LogP contribution in [0.2, 0.25) is 0 Å². The van der Waals surface area contributed by atoms with Crippen LogP contribution in [0.1, 0.15) is 10.4 Å². The Bertz CT molecular complexity index is 447. The van der Waals surface area contributed by atoms with Gasteiger partial charge in [-0.3, -0.25) is 4.79 Å². The van der Waals surface area contributed by atoms with E-state index in [2.05, 4.69) is 4.42 Å². The summed E-state index contributed by atoms with van der Waals surface area (Å²) in [6.07, 6.45) is 1.84. The van der Waals surface area contributed by atoms with E-state index in [-0.39, 0.29) is 5.56 Å². The first-order valence-corrected chi connectivity index (χ1v) is 4.88. The van der Waals surface area contributed by atoms with Crippen LogP contribution in [-0.2, 0) is 10.0 Å². The lowest BCUT2D eigenvalue weighted by molar-refractivity contribution is -0.0446. The first-order chi connectivity index (χ1) is 6.74. The van der Waals surface area contributed by atoms with Gasteiger partial charge in [0.2, 0.25) is 0 Å². The maximum atomic E-state index is 11.8. The Labute approximate surface area is 81.9 Å². The number of sulfonamides is 1. The number of halogens is 3. The fourth-order valence-electron chi connectivity index (χ4n) is 0.632. The highest BCUT2D eigenvalue weighted by Crippen LogP contribution is 2.21. The number of carbonyl (C=O) groups is 1. The number of hydrogen-bond acceptors (Lipinski definition) is 4. The van der Waals surface area contributed by atoms with Gasteiger partial charge in [-0.25, -0.2) is 4.72 Å². The Morgan fingerprint density at radius 3 is 2.40 bits per heavy atom. The number of alkyl halides is 3. The summed E-state index contributed by atoms with van der Waals surface area (Å²) in [6, 6.07) is 1.03. The lowest BCUT2D eigenvalue weighted by Gasteiger charge is -2.07. The Kier molecular flexibility index (Phi) is 2.75. The molecule has 0 spiro atoms. The topological polar surface area (TPSA) is 76.4 Å². The van der Waals surface area contributed by atoms with Crippen LogP contribution in [-0.4, -0.2) is 19.8 Å². The molecule has 0 saturated carbocycles. The van der Waals surface area contributed by atoms with E-state index in [1.165, 1.54) is 0 Å². The van der Waals surface area contributed by atoms with Gasteiger partial charge in [-0.15, -0.1) is 0 Å². The molecule has 0 radical (unpaired) electrons. The third kappa shape index (κ3) is 2.49. The van der Waals surface area contributed by atoms with E-state index in [9.17, 15) is 26.4 Å². The normalized spacial score (nSPS) is 12.5. The third-order valence-corrected chi connectivity index (χ3v) is 2.38. The van der Waals surface area contributed by atoms with Crippen molar-refractivity contribution in [3.63, 3.8) is 0 Å². The van der Waals surface area contributed by atoms with E-state index >= 15 is 0 Å². The Morgan fingerprint density at radius 1 is 1.40 bits per heavy atom. The van der Waals surface area contributed by atoms with Crippen molar-refractivity contribution < 1.29 is 30.8 Å². The molecule has 0 unspecified atom stereocenters. The largest absolute Gasteiger partial charge is 0.516 e. The van der Waals surface area contributed by atoms with Crippen molar-refractivity contribution in [2.24, 2.45) is 0 Å². The van der Waals surface area contributed by atoms with Crippen LogP contribution in [0.3, 0.4) is 0 Å². The fraction of sp³-hybridized carbons (Fsp3) is 0.167. The van der Waals surface area contributed by atoms with Crippen molar-refractivity contribution in [1.29, 1.82) is 0 Å². The molecule has 0 aliphatic carbocycles. The van der Waals surface area contributed by atoms with Gasteiger partial charge in [0.05, 0.1) is 11.8 Å². The first-order valence-electron chi connectivity index (χ1n) is 3.39. The van der Waals surface area contributed by atoms with Gasteiger partial charge in [-0.2, -0.15) is 21.6 Å². The molecule has 0 aliphatic heterocycles. The third-order valence-electron chi connectivity index (χ3n) is 1.32. The average Bonchev–Trinajstić information content (AvgIpc) is 2.51. The lowest BCUT2D eigenvalue weighted by atomic mass is 10.3. The number of carbonyl (C=O) groups excluding carboxylic acids is 1. The summed E-state index contributed by atoms with van der Waals surface area (Å²) in [5, 5.41) is 0. The summed E-state index contributed by atoms with van der Waals surface area (Å²) >= 11 is 0. The van der Waals surface area contributed by atoms with Gasteiger partial charge in [-0.05, 0) is 6.07 Å². The first kappa shape index (κ1) is 11.6. The van der Waals surface area contributed by atoms with Crippen LogP contribution in [0.5, 0.6) is 0 Å². The van der Waals surface area contributed by atoms with Gasteiger partial charge in [0.1, 0.15) is 6.26 Å². The molecule has 1 heterocycles. The molecule has 0 aromatic carbocycles. The van der Waals surface area contributed by atoms with Crippen molar-refractivity contribution in [2.45, 2.75) is 5.51 Å². The maximum absolute atomic E-state index is 11.8. The summed E-state index contributed by atoms with van der Waals surface area (Å²) in [6.45, 7) is 0. The summed E-state index contributed by atoms with van der Waals surface area (Å²) < 4.78 is 61.6.